The van der Waals surface area contributed by atoms with Crippen molar-refractivity contribution < 1.29 is 0 Å². The van der Waals surface area contributed by atoms with Crippen LogP contribution < -0.4 is 0 Å². The van der Waals surface area contributed by atoms with Crippen LogP contribution in [0.4, 0.5) is 0 Å². The Balaban J connectivity index is 1.90. The summed E-state index contributed by atoms with van der Waals surface area (Å²) in [6.07, 6.45) is 14.3. The summed E-state index contributed by atoms with van der Waals surface area (Å²) in [7, 11) is 0. The second kappa shape index (κ2) is 4.05. The lowest BCUT2D eigenvalue weighted by Gasteiger charge is -2.30. The summed E-state index contributed by atoms with van der Waals surface area (Å²) in [4.78, 5) is 9.00. The van der Waals surface area contributed by atoms with Gasteiger partial charge in [0, 0.05) is 24.2 Å². The molecule has 0 bridgehead atoms. The van der Waals surface area contributed by atoms with Crippen LogP contribution >= 0.6 is 0 Å². The van der Waals surface area contributed by atoms with Crippen LogP contribution in [0.25, 0.3) is 0 Å². The fourth-order valence-electron chi connectivity index (χ4n) is 2.76. The molecule has 0 saturated carbocycles. The highest BCUT2D eigenvalue weighted by molar-refractivity contribution is 6.12. The van der Waals surface area contributed by atoms with Crippen molar-refractivity contribution in [3.05, 3.63) is 78.4 Å². The van der Waals surface area contributed by atoms with Crippen molar-refractivity contribution in [2.45, 2.75) is 12.1 Å². The van der Waals surface area contributed by atoms with E-state index in [2.05, 4.69) is 52.2 Å². The molecule has 2 aromatic rings. The quantitative estimate of drug-likeness (QED) is 0.762. The van der Waals surface area contributed by atoms with E-state index >= 15 is 0 Å². The van der Waals surface area contributed by atoms with Gasteiger partial charge in [-0.25, -0.2) is 0 Å². The largest absolute Gasteiger partial charge is 0.337 e. The molecule has 0 fully saturated rings. The van der Waals surface area contributed by atoms with Gasteiger partial charge >= 0.3 is 0 Å². The van der Waals surface area contributed by atoms with Crippen molar-refractivity contribution >= 4 is 5.71 Å². The van der Waals surface area contributed by atoms with Gasteiger partial charge in [-0.05, 0) is 24.3 Å². The van der Waals surface area contributed by atoms with Crippen LogP contribution in [-0.4, -0.2) is 21.3 Å². The predicted octanol–water partition coefficient (Wildman–Crippen LogP) is 2.77. The van der Waals surface area contributed by atoms with Crippen molar-refractivity contribution in [3.63, 3.8) is 0 Å². The highest BCUT2D eigenvalue weighted by atomic mass is 15.1. The highest BCUT2D eigenvalue weighted by Gasteiger charge is 2.28. The maximum atomic E-state index is 4.92. The molecule has 2 unspecified atom stereocenters. The van der Waals surface area contributed by atoms with Crippen LogP contribution in [0.15, 0.2) is 72.2 Å². The maximum Gasteiger partial charge on any atom is 0.0934 e. The topological polar surface area (TPSA) is 30.2 Å². The number of hydrogen-bond donors (Lipinski definition) is 0. The van der Waals surface area contributed by atoms with Gasteiger partial charge in [-0.15, -0.1) is 0 Å². The van der Waals surface area contributed by atoms with E-state index in [1.807, 2.05) is 24.5 Å². The average molecular weight is 247 g/mol. The standard InChI is InChI=1S/C16H13N3/c1-2-5-14-13(4-1)18-16(12-7-9-17-10-8-12)15-6-3-11-19(14)15/h1-11,13-14H. The van der Waals surface area contributed by atoms with Gasteiger partial charge in [0.25, 0.3) is 0 Å². The maximum absolute atomic E-state index is 4.92. The zero-order valence-corrected chi connectivity index (χ0v) is 10.3. The lowest BCUT2D eigenvalue weighted by atomic mass is 9.98. The van der Waals surface area contributed by atoms with Crippen LogP contribution in [0.1, 0.15) is 17.3 Å². The molecule has 19 heavy (non-hydrogen) atoms. The number of nitrogens with zero attached hydrogens (tertiary/aromatic N) is 3. The van der Waals surface area contributed by atoms with Gasteiger partial charge < -0.3 is 4.57 Å². The Morgan fingerprint density at radius 1 is 1.00 bits per heavy atom. The molecule has 2 atom stereocenters. The van der Waals surface area contributed by atoms with Crippen LogP contribution in [0.3, 0.4) is 0 Å². The van der Waals surface area contributed by atoms with Gasteiger partial charge in [0.05, 0.1) is 23.5 Å². The molecular weight excluding hydrogens is 234 g/mol. The van der Waals surface area contributed by atoms with Crippen LogP contribution in [0, 0.1) is 0 Å². The minimum atomic E-state index is 0.188. The van der Waals surface area contributed by atoms with E-state index in [1.165, 1.54) is 5.69 Å². The Labute approximate surface area is 111 Å². The molecule has 2 aliphatic rings. The molecular formula is C16H13N3. The van der Waals surface area contributed by atoms with E-state index in [0.29, 0.717) is 6.04 Å². The summed E-state index contributed by atoms with van der Waals surface area (Å²) in [6, 6.07) is 8.73. The Bertz CT molecular complexity index is 692. The Hall–Kier alpha value is -2.42. The third-order valence-electron chi connectivity index (χ3n) is 3.65. The zero-order valence-electron chi connectivity index (χ0n) is 10.3. The molecule has 1 aliphatic heterocycles. The second-order valence-electron chi connectivity index (χ2n) is 4.77. The first-order chi connectivity index (χ1) is 9.43. The predicted molar refractivity (Wildman–Crippen MR) is 75.4 cm³/mol. The van der Waals surface area contributed by atoms with Crippen molar-refractivity contribution in [1.82, 2.24) is 9.55 Å². The minimum absolute atomic E-state index is 0.188. The lowest BCUT2D eigenvalue weighted by Crippen LogP contribution is -2.30. The van der Waals surface area contributed by atoms with E-state index in [-0.39, 0.29) is 6.04 Å². The summed E-state index contributed by atoms with van der Waals surface area (Å²) >= 11 is 0. The number of aliphatic imine (C=N–C) groups is 1. The van der Waals surface area contributed by atoms with E-state index in [4.69, 9.17) is 4.99 Å². The van der Waals surface area contributed by atoms with Crippen molar-refractivity contribution in [1.29, 1.82) is 0 Å². The van der Waals surface area contributed by atoms with Crippen LogP contribution in [-0.2, 0) is 0 Å². The van der Waals surface area contributed by atoms with E-state index in [1.54, 1.807) is 0 Å². The molecule has 0 saturated heterocycles. The van der Waals surface area contributed by atoms with Gasteiger partial charge in [-0.3, -0.25) is 9.98 Å². The molecule has 4 rings (SSSR count). The highest BCUT2D eigenvalue weighted by Crippen LogP contribution is 2.30. The van der Waals surface area contributed by atoms with Crippen LogP contribution in [0.5, 0.6) is 0 Å². The second-order valence-corrected chi connectivity index (χ2v) is 4.77. The fraction of sp³-hybridized carbons (Fsp3) is 0.125. The Morgan fingerprint density at radius 3 is 2.74 bits per heavy atom. The molecule has 92 valence electrons. The molecule has 2 aromatic heterocycles. The summed E-state index contributed by atoms with van der Waals surface area (Å²) in [5.41, 5.74) is 3.34. The molecule has 0 radical (unpaired) electrons. The number of pyridine rings is 1. The van der Waals surface area contributed by atoms with Gasteiger partial charge in [-0.2, -0.15) is 0 Å². The summed E-state index contributed by atoms with van der Waals surface area (Å²) in [5.74, 6) is 0. The summed E-state index contributed by atoms with van der Waals surface area (Å²) < 4.78 is 2.30. The summed E-state index contributed by atoms with van der Waals surface area (Å²) in [6.45, 7) is 0. The first-order valence-corrected chi connectivity index (χ1v) is 6.44. The van der Waals surface area contributed by atoms with Crippen molar-refractivity contribution in [2.24, 2.45) is 4.99 Å². The fourth-order valence-corrected chi connectivity index (χ4v) is 2.76. The number of hydrogen-bond acceptors (Lipinski definition) is 2. The first kappa shape index (κ1) is 10.5. The smallest absolute Gasteiger partial charge is 0.0934 e. The number of allylic oxidation sites excluding steroid dienone is 2. The summed E-state index contributed by atoms with van der Waals surface area (Å²) in [5, 5.41) is 0. The molecule has 1 aliphatic carbocycles. The molecule has 0 N–H and O–H groups in total. The van der Waals surface area contributed by atoms with Gasteiger partial charge in [0.2, 0.25) is 0 Å². The minimum Gasteiger partial charge on any atom is -0.337 e. The van der Waals surface area contributed by atoms with E-state index in [0.717, 1.165) is 11.3 Å². The monoisotopic (exact) mass is 247 g/mol. The molecule has 0 spiro atoms. The Kier molecular flexibility index (Phi) is 2.24. The van der Waals surface area contributed by atoms with Crippen LogP contribution in [0.2, 0.25) is 0 Å². The third-order valence-corrected chi connectivity index (χ3v) is 3.65. The van der Waals surface area contributed by atoms with E-state index in [9.17, 15) is 0 Å². The number of fused-ring (bicyclic) bond motifs is 3. The lowest BCUT2D eigenvalue weighted by molar-refractivity contribution is 0.527. The van der Waals surface area contributed by atoms with Gasteiger partial charge in [-0.1, -0.05) is 24.3 Å². The molecule has 0 aromatic carbocycles. The SMILES string of the molecule is C1=CC2N=C(c3ccncc3)c3cccn3C2C=C1. The molecule has 3 heterocycles. The van der Waals surface area contributed by atoms with Crippen molar-refractivity contribution in [2.75, 3.05) is 0 Å². The average Bonchev–Trinajstić information content (AvgIpc) is 2.97. The zero-order chi connectivity index (χ0) is 12.7. The molecule has 0 amide bonds. The Morgan fingerprint density at radius 2 is 1.84 bits per heavy atom. The van der Waals surface area contributed by atoms with Gasteiger partial charge in [0.1, 0.15) is 0 Å². The number of rotatable bonds is 1. The molecule has 3 heteroatoms. The van der Waals surface area contributed by atoms with Crippen molar-refractivity contribution in [3.8, 4) is 0 Å². The third kappa shape index (κ3) is 1.58. The van der Waals surface area contributed by atoms with Gasteiger partial charge in [0.15, 0.2) is 0 Å². The molecule has 3 nitrogen and oxygen atoms in total. The van der Waals surface area contributed by atoms with E-state index < -0.39 is 0 Å². The first-order valence-electron chi connectivity index (χ1n) is 6.44. The normalized spacial score (nSPS) is 23.7. The number of aromatic nitrogens is 2.